The van der Waals surface area contributed by atoms with Crippen LogP contribution in [0.5, 0.6) is 11.5 Å². The second kappa shape index (κ2) is 8.57. The number of anilines is 1. The molecule has 0 atom stereocenters. The first-order chi connectivity index (χ1) is 11.6. The van der Waals surface area contributed by atoms with Gasteiger partial charge in [0.05, 0.1) is 27.0 Å². The molecular weight excluding hydrogens is 306 g/mol. The maximum absolute atomic E-state index is 11.8. The molecule has 2 N–H and O–H groups in total. The number of hydrogen-bond donors (Lipinski definition) is 2. The Balaban J connectivity index is 1.87. The van der Waals surface area contributed by atoms with Gasteiger partial charge in [-0.3, -0.25) is 4.79 Å². The summed E-state index contributed by atoms with van der Waals surface area (Å²) in [5.74, 6) is 1.02. The monoisotopic (exact) mass is 327 g/mol. The van der Waals surface area contributed by atoms with Crippen LogP contribution in [-0.4, -0.2) is 32.9 Å². The van der Waals surface area contributed by atoms with Gasteiger partial charge in [0, 0.05) is 5.69 Å². The summed E-state index contributed by atoms with van der Waals surface area (Å²) in [5, 5.41) is 7.02. The van der Waals surface area contributed by atoms with Crippen LogP contribution >= 0.6 is 0 Å². The number of benzene rings is 2. The molecule has 0 saturated carbocycles. The van der Waals surface area contributed by atoms with Gasteiger partial charge < -0.3 is 14.8 Å². The number of hydrazone groups is 1. The Bertz CT molecular complexity index is 729. The van der Waals surface area contributed by atoms with Gasteiger partial charge in [-0.1, -0.05) is 18.2 Å². The Morgan fingerprint density at radius 2 is 1.88 bits per heavy atom. The highest BCUT2D eigenvalue weighted by atomic mass is 16.5. The summed E-state index contributed by atoms with van der Waals surface area (Å²) in [5.41, 5.74) is 5.28. The van der Waals surface area contributed by atoms with Crippen molar-refractivity contribution in [2.24, 2.45) is 5.10 Å². The minimum atomic E-state index is -0.227. The van der Waals surface area contributed by atoms with E-state index in [9.17, 15) is 4.79 Å². The SMILES string of the molecule is COc1ccc(/C=N\NC(=O)CNc2ccccc2C)cc1OC. The molecule has 0 unspecified atom stereocenters. The van der Waals surface area contributed by atoms with Crippen molar-refractivity contribution in [1.82, 2.24) is 5.43 Å². The molecule has 24 heavy (non-hydrogen) atoms. The third-order valence-corrected chi connectivity index (χ3v) is 3.39. The Kier molecular flexibility index (Phi) is 6.19. The third-order valence-electron chi connectivity index (χ3n) is 3.39. The Labute approximate surface area is 141 Å². The number of carbonyl (C=O) groups excluding carboxylic acids is 1. The van der Waals surface area contributed by atoms with Crippen LogP contribution in [0.3, 0.4) is 0 Å². The highest BCUT2D eigenvalue weighted by Gasteiger charge is 2.04. The largest absolute Gasteiger partial charge is 0.493 e. The van der Waals surface area contributed by atoms with Crippen molar-refractivity contribution >= 4 is 17.8 Å². The zero-order chi connectivity index (χ0) is 17.4. The van der Waals surface area contributed by atoms with Crippen LogP contribution in [-0.2, 0) is 4.79 Å². The topological polar surface area (TPSA) is 72.0 Å². The van der Waals surface area contributed by atoms with E-state index >= 15 is 0 Å². The minimum absolute atomic E-state index is 0.147. The second-order valence-corrected chi connectivity index (χ2v) is 5.08. The van der Waals surface area contributed by atoms with Crippen molar-refractivity contribution in [3.8, 4) is 11.5 Å². The van der Waals surface area contributed by atoms with Crippen LogP contribution < -0.4 is 20.2 Å². The second-order valence-electron chi connectivity index (χ2n) is 5.08. The highest BCUT2D eigenvalue weighted by Crippen LogP contribution is 2.26. The van der Waals surface area contributed by atoms with Gasteiger partial charge in [0.2, 0.25) is 0 Å². The molecule has 6 heteroatoms. The molecule has 126 valence electrons. The molecule has 0 bridgehead atoms. The number of para-hydroxylation sites is 1. The first-order valence-corrected chi connectivity index (χ1v) is 7.47. The van der Waals surface area contributed by atoms with Gasteiger partial charge >= 0.3 is 0 Å². The average Bonchev–Trinajstić information content (AvgIpc) is 2.61. The molecule has 0 aromatic heterocycles. The van der Waals surface area contributed by atoms with Crippen molar-refractivity contribution < 1.29 is 14.3 Å². The summed E-state index contributed by atoms with van der Waals surface area (Å²) in [6.45, 7) is 2.13. The van der Waals surface area contributed by atoms with E-state index in [-0.39, 0.29) is 12.5 Å². The smallest absolute Gasteiger partial charge is 0.259 e. The van der Waals surface area contributed by atoms with E-state index in [4.69, 9.17) is 9.47 Å². The van der Waals surface area contributed by atoms with Crippen molar-refractivity contribution in [3.63, 3.8) is 0 Å². The number of nitrogens with one attached hydrogen (secondary N) is 2. The van der Waals surface area contributed by atoms with E-state index in [1.165, 1.54) is 0 Å². The standard InChI is InChI=1S/C18H21N3O3/c1-13-6-4-5-7-15(13)19-12-18(22)21-20-11-14-8-9-16(23-2)17(10-14)24-3/h4-11,19H,12H2,1-3H3,(H,21,22)/b20-11-. The number of amides is 1. The first kappa shape index (κ1) is 17.3. The Morgan fingerprint density at radius 3 is 2.58 bits per heavy atom. The maximum Gasteiger partial charge on any atom is 0.259 e. The molecule has 0 aliphatic carbocycles. The zero-order valence-corrected chi connectivity index (χ0v) is 14.0. The van der Waals surface area contributed by atoms with E-state index in [1.54, 1.807) is 32.6 Å². The number of methoxy groups -OCH3 is 2. The summed E-state index contributed by atoms with van der Waals surface area (Å²) in [6.07, 6.45) is 1.55. The Morgan fingerprint density at radius 1 is 1.12 bits per heavy atom. The fraction of sp³-hybridized carbons (Fsp3) is 0.222. The summed E-state index contributed by atoms with van der Waals surface area (Å²) in [6, 6.07) is 13.2. The van der Waals surface area contributed by atoms with Gasteiger partial charge in [-0.05, 0) is 42.3 Å². The van der Waals surface area contributed by atoms with Crippen molar-refractivity contribution in [2.45, 2.75) is 6.92 Å². The number of carbonyl (C=O) groups is 1. The molecule has 0 saturated heterocycles. The molecular formula is C18H21N3O3. The van der Waals surface area contributed by atoms with E-state index in [0.29, 0.717) is 11.5 Å². The molecule has 0 fully saturated rings. The number of ether oxygens (including phenoxy) is 2. The molecule has 2 aromatic rings. The van der Waals surface area contributed by atoms with Crippen LogP contribution in [0.1, 0.15) is 11.1 Å². The number of aryl methyl sites for hydroxylation is 1. The summed E-state index contributed by atoms with van der Waals surface area (Å²) in [7, 11) is 3.14. The Hall–Kier alpha value is -3.02. The lowest BCUT2D eigenvalue weighted by atomic mass is 10.2. The van der Waals surface area contributed by atoms with Crippen LogP contribution in [0, 0.1) is 6.92 Å². The summed E-state index contributed by atoms with van der Waals surface area (Å²) < 4.78 is 10.4. The fourth-order valence-electron chi connectivity index (χ4n) is 2.10. The quantitative estimate of drug-likeness (QED) is 0.606. The lowest BCUT2D eigenvalue weighted by Gasteiger charge is -2.08. The van der Waals surface area contributed by atoms with Gasteiger partial charge in [-0.15, -0.1) is 0 Å². The van der Waals surface area contributed by atoms with Gasteiger partial charge in [0.1, 0.15) is 0 Å². The van der Waals surface area contributed by atoms with Crippen molar-refractivity contribution in [3.05, 3.63) is 53.6 Å². The number of hydrogen-bond acceptors (Lipinski definition) is 5. The average molecular weight is 327 g/mol. The van der Waals surface area contributed by atoms with Gasteiger partial charge in [-0.2, -0.15) is 5.10 Å². The molecule has 0 radical (unpaired) electrons. The van der Waals surface area contributed by atoms with Crippen LogP contribution in [0.25, 0.3) is 0 Å². The maximum atomic E-state index is 11.8. The van der Waals surface area contributed by atoms with Gasteiger partial charge in [0.25, 0.3) is 5.91 Å². The minimum Gasteiger partial charge on any atom is -0.493 e. The van der Waals surface area contributed by atoms with Crippen molar-refractivity contribution in [1.29, 1.82) is 0 Å². The van der Waals surface area contributed by atoms with E-state index in [1.807, 2.05) is 37.3 Å². The summed E-state index contributed by atoms with van der Waals surface area (Å²) >= 11 is 0. The third kappa shape index (κ3) is 4.74. The predicted octanol–water partition coefficient (Wildman–Crippen LogP) is 2.57. The van der Waals surface area contributed by atoms with E-state index in [0.717, 1.165) is 16.8 Å². The van der Waals surface area contributed by atoms with Gasteiger partial charge in [-0.25, -0.2) is 5.43 Å². The predicted molar refractivity (Wildman–Crippen MR) is 95.0 cm³/mol. The lowest BCUT2D eigenvalue weighted by Crippen LogP contribution is -2.26. The van der Waals surface area contributed by atoms with E-state index in [2.05, 4.69) is 15.8 Å². The zero-order valence-electron chi connectivity index (χ0n) is 14.0. The molecule has 2 rings (SSSR count). The fourth-order valence-corrected chi connectivity index (χ4v) is 2.10. The molecule has 0 spiro atoms. The van der Waals surface area contributed by atoms with Crippen LogP contribution in [0.4, 0.5) is 5.69 Å². The first-order valence-electron chi connectivity index (χ1n) is 7.47. The molecule has 2 aromatic carbocycles. The molecule has 0 aliphatic rings. The molecule has 1 amide bonds. The van der Waals surface area contributed by atoms with Crippen LogP contribution in [0.15, 0.2) is 47.6 Å². The lowest BCUT2D eigenvalue weighted by molar-refractivity contribution is -0.119. The van der Waals surface area contributed by atoms with Crippen molar-refractivity contribution in [2.75, 3.05) is 26.1 Å². The number of rotatable bonds is 7. The van der Waals surface area contributed by atoms with Gasteiger partial charge in [0.15, 0.2) is 11.5 Å². The summed E-state index contributed by atoms with van der Waals surface area (Å²) in [4.78, 5) is 11.8. The van der Waals surface area contributed by atoms with Crippen LogP contribution in [0.2, 0.25) is 0 Å². The molecule has 0 aliphatic heterocycles. The molecule has 0 heterocycles. The van der Waals surface area contributed by atoms with E-state index < -0.39 is 0 Å². The normalized spacial score (nSPS) is 10.5. The highest BCUT2D eigenvalue weighted by molar-refractivity contribution is 5.85. The number of nitrogens with zero attached hydrogens (tertiary/aromatic N) is 1. The molecule has 6 nitrogen and oxygen atoms in total.